The molecule has 2 saturated heterocycles. The third kappa shape index (κ3) is 1.89. The summed E-state index contributed by atoms with van der Waals surface area (Å²) in [6, 6.07) is 18.4. The van der Waals surface area contributed by atoms with Crippen LogP contribution in [-0.2, 0) is 16.0 Å². The van der Waals surface area contributed by atoms with Crippen molar-refractivity contribution in [3.8, 4) is 0 Å². The minimum absolute atomic E-state index is 0.0454. The number of nitrogens with one attached hydrogen (secondary N) is 1. The molecule has 6 rings (SSSR count). The maximum absolute atomic E-state index is 13.1. The Hall–Kier alpha value is -2.92. The van der Waals surface area contributed by atoms with E-state index < -0.39 is 0 Å². The molecule has 2 aromatic carbocycles. The van der Waals surface area contributed by atoms with Crippen LogP contribution in [0.3, 0.4) is 0 Å². The first kappa shape index (κ1) is 16.1. The molecular formula is C23H21N3O2. The van der Waals surface area contributed by atoms with E-state index in [0.717, 1.165) is 29.7 Å². The standard InChI is InChI=1S/C23H21N3O2/c1-25-22(27)17-18(23(25)28)21-19-15(14-9-5-6-10-16(14)24-19)11-12-26(21)20(17)13-7-3-2-4-8-13/h2-10,17-18,20-21,24H,11-12H2,1H3/t17-,18+,20-,21-/m0/s1. The highest BCUT2D eigenvalue weighted by Gasteiger charge is 2.63. The number of fused-ring (bicyclic) bond motifs is 7. The van der Waals surface area contributed by atoms with Crippen LogP contribution in [0.2, 0.25) is 0 Å². The van der Waals surface area contributed by atoms with Gasteiger partial charge in [0.25, 0.3) is 0 Å². The zero-order valence-corrected chi connectivity index (χ0v) is 15.6. The SMILES string of the molecule is CN1C(=O)[C@@H]2[C@H](C1=O)[C@H](c1ccccc1)N1CCc3c([nH]c4ccccc34)[C@H]21. The number of carbonyl (C=O) groups is 2. The average Bonchev–Trinajstić information content (AvgIpc) is 3.34. The van der Waals surface area contributed by atoms with Crippen LogP contribution in [-0.4, -0.2) is 40.2 Å². The van der Waals surface area contributed by atoms with Crippen molar-refractivity contribution in [1.29, 1.82) is 0 Å². The van der Waals surface area contributed by atoms with E-state index in [-0.39, 0.29) is 35.7 Å². The fourth-order valence-corrected chi connectivity index (χ4v) is 5.77. The summed E-state index contributed by atoms with van der Waals surface area (Å²) in [5.74, 6) is -0.733. The minimum Gasteiger partial charge on any atom is -0.357 e. The molecular weight excluding hydrogens is 350 g/mol. The van der Waals surface area contributed by atoms with E-state index in [9.17, 15) is 9.59 Å². The van der Waals surface area contributed by atoms with Crippen molar-refractivity contribution < 1.29 is 9.59 Å². The van der Waals surface area contributed by atoms with Gasteiger partial charge in [-0.2, -0.15) is 0 Å². The van der Waals surface area contributed by atoms with Gasteiger partial charge in [0, 0.05) is 36.2 Å². The molecule has 4 heterocycles. The number of para-hydroxylation sites is 1. The number of aromatic amines is 1. The molecule has 1 aromatic heterocycles. The molecule has 2 amide bonds. The van der Waals surface area contributed by atoms with E-state index in [2.05, 4.69) is 40.2 Å². The Labute approximate surface area is 162 Å². The second-order valence-corrected chi connectivity index (χ2v) is 8.14. The number of aromatic nitrogens is 1. The number of carbonyl (C=O) groups excluding carboxylic acids is 2. The van der Waals surface area contributed by atoms with Gasteiger partial charge in [-0.3, -0.25) is 19.4 Å². The summed E-state index contributed by atoms with van der Waals surface area (Å²) in [6.07, 6.45) is 0.927. The third-order valence-electron chi connectivity index (χ3n) is 6.92. The van der Waals surface area contributed by atoms with Gasteiger partial charge in [-0.15, -0.1) is 0 Å². The lowest BCUT2D eigenvalue weighted by Crippen LogP contribution is -2.39. The number of nitrogens with zero attached hydrogens (tertiary/aromatic N) is 2. The maximum atomic E-state index is 13.1. The van der Waals surface area contributed by atoms with Crippen LogP contribution in [0.25, 0.3) is 10.9 Å². The smallest absolute Gasteiger partial charge is 0.234 e. The van der Waals surface area contributed by atoms with Crippen LogP contribution >= 0.6 is 0 Å². The van der Waals surface area contributed by atoms with Gasteiger partial charge in [0.2, 0.25) is 11.8 Å². The van der Waals surface area contributed by atoms with E-state index in [1.54, 1.807) is 7.05 Å². The number of imide groups is 1. The quantitative estimate of drug-likeness (QED) is 0.669. The Kier molecular flexibility index (Phi) is 3.19. The number of likely N-dealkylation sites (tertiary alicyclic amines) is 1. The first-order valence-electron chi connectivity index (χ1n) is 9.88. The highest BCUT2D eigenvalue weighted by atomic mass is 16.2. The second kappa shape index (κ2) is 5.55. The molecule has 0 radical (unpaired) electrons. The Balaban J connectivity index is 1.57. The fraction of sp³-hybridized carbons (Fsp3) is 0.304. The van der Waals surface area contributed by atoms with Crippen LogP contribution in [0, 0.1) is 11.8 Å². The van der Waals surface area contributed by atoms with Gasteiger partial charge in [-0.05, 0) is 23.6 Å². The summed E-state index contributed by atoms with van der Waals surface area (Å²) in [5.41, 5.74) is 4.66. The highest BCUT2D eigenvalue weighted by Crippen LogP contribution is 2.57. The zero-order valence-electron chi connectivity index (χ0n) is 15.6. The molecule has 0 bridgehead atoms. The van der Waals surface area contributed by atoms with E-state index >= 15 is 0 Å². The molecule has 0 saturated carbocycles. The molecule has 0 aliphatic carbocycles. The molecule has 3 aromatic rings. The molecule has 3 aliphatic heterocycles. The summed E-state index contributed by atoms with van der Waals surface area (Å²) in [5, 5.41) is 1.24. The lowest BCUT2D eigenvalue weighted by atomic mass is 9.85. The van der Waals surface area contributed by atoms with Crippen LogP contribution in [0.15, 0.2) is 54.6 Å². The Morgan fingerprint density at radius 1 is 0.893 bits per heavy atom. The Bertz CT molecular complexity index is 1120. The monoisotopic (exact) mass is 371 g/mol. The lowest BCUT2D eigenvalue weighted by molar-refractivity contribution is -0.140. The van der Waals surface area contributed by atoms with Crippen molar-refractivity contribution in [2.24, 2.45) is 11.8 Å². The molecule has 0 unspecified atom stereocenters. The Morgan fingerprint density at radius 2 is 1.57 bits per heavy atom. The fourth-order valence-electron chi connectivity index (χ4n) is 5.77. The van der Waals surface area contributed by atoms with Crippen molar-refractivity contribution in [2.75, 3.05) is 13.6 Å². The van der Waals surface area contributed by atoms with Crippen LogP contribution in [0.4, 0.5) is 0 Å². The molecule has 4 atom stereocenters. The molecule has 5 nitrogen and oxygen atoms in total. The summed E-state index contributed by atoms with van der Waals surface area (Å²) in [4.78, 5) is 33.5. The Morgan fingerprint density at radius 3 is 2.36 bits per heavy atom. The van der Waals surface area contributed by atoms with Crippen molar-refractivity contribution in [1.82, 2.24) is 14.8 Å². The second-order valence-electron chi connectivity index (χ2n) is 8.14. The van der Waals surface area contributed by atoms with Crippen LogP contribution < -0.4 is 0 Å². The molecule has 5 heteroatoms. The van der Waals surface area contributed by atoms with Crippen molar-refractivity contribution in [2.45, 2.75) is 18.5 Å². The van der Waals surface area contributed by atoms with Gasteiger partial charge in [0.1, 0.15) is 0 Å². The molecule has 3 aliphatic rings. The summed E-state index contributed by atoms with van der Waals surface area (Å²) >= 11 is 0. The van der Waals surface area contributed by atoms with E-state index in [1.165, 1.54) is 15.8 Å². The number of benzene rings is 2. The van der Waals surface area contributed by atoms with E-state index in [4.69, 9.17) is 0 Å². The van der Waals surface area contributed by atoms with Gasteiger partial charge in [0.15, 0.2) is 0 Å². The van der Waals surface area contributed by atoms with Crippen LogP contribution in [0.1, 0.15) is 28.9 Å². The van der Waals surface area contributed by atoms with Crippen LogP contribution in [0.5, 0.6) is 0 Å². The van der Waals surface area contributed by atoms with Gasteiger partial charge in [-0.1, -0.05) is 48.5 Å². The number of hydrogen-bond acceptors (Lipinski definition) is 3. The molecule has 28 heavy (non-hydrogen) atoms. The molecule has 1 N–H and O–H groups in total. The average molecular weight is 371 g/mol. The first-order chi connectivity index (χ1) is 13.7. The number of H-pyrrole nitrogens is 1. The highest BCUT2D eigenvalue weighted by molar-refractivity contribution is 6.06. The van der Waals surface area contributed by atoms with Crippen molar-refractivity contribution >= 4 is 22.7 Å². The summed E-state index contributed by atoms with van der Waals surface area (Å²) < 4.78 is 0. The zero-order chi connectivity index (χ0) is 19.0. The first-order valence-corrected chi connectivity index (χ1v) is 9.88. The largest absolute Gasteiger partial charge is 0.357 e. The normalized spacial score (nSPS) is 29.2. The van der Waals surface area contributed by atoms with Gasteiger partial charge < -0.3 is 4.98 Å². The van der Waals surface area contributed by atoms with Gasteiger partial charge in [0.05, 0.1) is 17.9 Å². The predicted molar refractivity (Wildman–Crippen MR) is 105 cm³/mol. The number of amides is 2. The molecule has 140 valence electrons. The minimum atomic E-state index is -0.324. The van der Waals surface area contributed by atoms with Gasteiger partial charge >= 0.3 is 0 Å². The van der Waals surface area contributed by atoms with Crippen molar-refractivity contribution in [3.05, 3.63) is 71.4 Å². The predicted octanol–water partition coefficient (Wildman–Crippen LogP) is 3.05. The van der Waals surface area contributed by atoms with Crippen molar-refractivity contribution in [3.63, 3.8) is 0 Å². The molecule has 0 spiro atoms. The number of rotatable bonds is 1. The number of hydrogen-bond donors (Lipinski definition) is 1. The van der Waals surface area contributed by atoms with E-state index in [1.807, 2.05) is 24.3 Å². The summed E-state index contributed by atoms with van der Waals surface area (Å²) in [7, 11) is 1.63. The lowest BCUT2D eigenvalue weighted by Gasteiger charge is -2.36. The molecule has 2 fully saturated rings. The topological polar surface area (TPSA) is 56.4 Å². The van der Waals surface area contributed by atoms with E-state index in [0.29, 0.717) is 0 Å². The summed E-state index contributed by atoms with van der Waals surface area (Å²) in [6.45, 7) is 0.857. The third-order valence-corrected chi connectivity index (χ3v) is 6.92. The maximum Gasteiger partial charge on any atom is 0.234 e. The van der Waals surface area contributed by atoms with Gasteiger partial charge in [-0.25, -0.2) is 0 Å².